The Morgan fingerprint density at radius 3 is 1.29 bits per heavy atom. The molecule has 51 valence electrons. The van der Waals surface area contributed by atoms with Gasteiger partial charge in [0.1, 0.15) is 0 Å². The summed E-state index contributed by atoms with van der Waals surface area (Å²) in [6.45, 7) is 6.57. The first-order chi connectivity index (χ1) is 2.94. The Hall–Kier alpha value is 1.67. The van der Waals surface area contributed by atoms with Gasteiger partial charge in [0.2, 0.25) is 0 Å². The van der Waals surface area contributed by atoms with E-state index in [9.17, 15) is 0 Å². The molecule has 4 heteroatoms. The Kier molecular flexibility index (Phi) is 3.72. The number of hydrogen-bond acceptors (Lipinski definition) is 0. The van der Waals surface area contributed by atoms with Crippen LogP contribution in [0.5, 0.6) is 0 Å². The molecule has 0 fully saturated rings. The van der Waals surface area contributed by atoms with Crippen LogP contribution in [0.1, 0.15) is 0 Å². The first-order valence-corrected chi connectivity index (χ1v) is 11.5. The molecule has 0 heterocycles. The molecule has 0 N–H and O–H groups in total. The van der Waals surface area contributed by atoms with Crippen LogP contribution in [0, 0.1) is 0 Å². The van der Waals surface area contributed by atoms with E-state index in [4.69, 9.17) is 19.1 Å². The predicted octanol–water partition coefficient (Wildman–Crippen LogP) is 2.47. The second kappa shape index (κ2) is 3.00. The fourth-order valence-electron chi connectivity index (χ4n) is 0. The maximum absolute atomic E-state index is 5.70. The van der Waals surface area contributed by atoms with Gasteiger partial charge in [-0.1, -0.05) is 0 Å². The number of hydrogen-bond donors (Lipinski definition) is 0. The van der Waals surface area contributed by atoms with Crippen LogP contribution in [-0.4, -0.2) is 20.0 Å². The molecule has 0 bridgehead atoms. The second-order valence-electron chi connectivity index (χ2n) is 2.14. The summed E-state index contributed by atoms with van der Waals surface area (Å²) in [6, 6.07) is 0. The van der Waals surface area contributed by atoms with Crippen LogP contribution in [-0.2, 0) is 14.2 Å². The monoisotopic (exact) mass is 253 g/mol. The zero-order valence-corrected chi connectivity index (χ0v) is 8.64. The number of halogens is 2. The molecule has 0 rings (SSSR count). The van der Waals surface area contributed by atoms with E-state index < -0.39 is 19.7 Å². The van der Waals surface area contributed by atoms with Crippen molar-refractivity contribution >= 4 is 24.5 Å². The Balaban J connectivity index is 3.54. The van der Waals surface area contributed by atoms with Crippen LogP contribution < -0.4 is 0 Å². The van der Waals surface area contributed by atoms with Crippen molar-refractivity contribution in [2.75, 3.05) is 20.0 Å². The zero-order valence-electron chi connectivity index (χ0n) is 4.57. The third-order valence-corrected chi connectivity index (χ3v) is 19.1. The Morgan fingerprint density at radius 1 is 1.14 bits per heavy atom. The van der Waals surface area contributed by atoms with E-state index in [1.165, 1.54) is 0 Å². The first-order valence-electron chi connectivity index (χ1n) is 1.90. The van der Waals surface area contributed by atoms with E-state index >= 15 is 0 Å². The van der Waals surface area contributed by atoms with Crippen molar-refractivity contribution in [1.29, 1.82) is 0 Å². The van der Waals surface area contributed by atoms with Crippen molar-refractivity contribution in [2.24, 2.45) is 0 Å². The van der Waals surface area contributed by atoms with Gasteiger partial charge in [-0.2, -0.15) is 0 Å². The van der Waals surface area contributed by atoms with Gasteiger partial charge >= 0.3 is 58.7 Å². The second-order valence-corrected chi connectivity index (χ2v) is 21.7. The molecule has 0 aromatic heterocycles. The summed E-state index contributed by atoms with van der Waals surface area (Å²) in [5.41, 5.74) is -1.09. The van der Waals surface area contributed by atoms with Crippen LogP contribution in [0.3, 0.4) is 0 Å². The van der Waals surface area contributed by atoms with E-state index in [0.29, 0.717) is 0 Å². The SMILES string of the molecule is C[PH](C)(C)[Pd]([Cl])[Cl]. The van der Waals surface area contributed by atoms with E-state index in [0.717, 1.165) is 0 Å². The third kappa shape index (κ3) is 4.19. The molecule has 0 saturated heterocycles. The average Bonchev–Trinajstić information content (AvgIpc) is 1.31. The normalized spacial score (nSPS) is 16.4. The molecule has 0 radical (unpaired) electrons. The molecule has 0 aromatic rings. The average molecular weight is 254 g/mol. The van der Waals surface area contributed by atoms with Gasteiger partial charge in [-0.3, -0.25) is 0 Å². The molecule has 0 atom stereocenters. The van der Waals surface area contributed by atoms with E-state index in [-0.39, 0.29) is 0 Å². The van der Waals surface area contributed by atoms with Crippen LogP contribution in [0.15, 0.2) is 0 Å². The standard InChI is InChI=1S/C3H9P.2ClH.Pd/c1-4(2)3;;;/h1-3H3;2*1H;/q;;;+1/p-1. The van der Waals surface area contributed by atoms with Gasteiger partial charge in [-0.15, -0.1) is 0 Å². The van der Waals surface area contributed by atoms with E-state index in [2.05, 4.69) is 20.0 Å². The molecule has 0 aromatic carbocycles. The summed E-state index contributed by atoms with van der Waals surface area (Å²) in [6.07, 6.45) is 0. The Bertz CT molecular complexity index is 58.4. The van der Waals surface area contributed by atoms with Crippen LogP contribution in [0.25, 0.3) is 0 Å². The minimum atomic E-state index is -1.09. The Labute approximate surface area is 58.6 Å². The molecular weight excluding hydrogens is 244 g/mol. The molecule has 0 aliphatic heterocycles. The van der Waals surface area contributed by atoms with Gasteiger partial charge in [0.15, 0.2) is 0 Å². The van der Waals surface area contributed by atoms with Crippen molar-refractivity contribution in [3.63, 3.8) is 0 Å². The van der Waals surface area contributed by atoms with Crippen molar-refractivity contribution in [1.82, 2.24) is 0 Å². The van der Waals surface area contributed by atoms with Gasteiger partial charge < -0.3 is 0 Å². The minimum absolute atomic E-state index is 1.09. The topological polar surface area (TPSA) is 0 Å². The molecule has 0 aliphatic rings. The van der Waals surface area contributed by atoms with Gasteiger partial charge in [0.25, 0.3) is 0 Å². The molecule has 0 unspecified atom stereocenters. The van der Waals surface area contributed by atoms with Gasteiger partial charge in [-0.05, 0) is 0 Å². The summed E-state index contributed by atoms with van der Waals surface area (Å²) in [4.78, 5) is 0. The van der Waals surface area contributed by atoms with E-state index in [1.807, 2.05) is 0 Å². The van der Waals surface area contributed by atoms with Gasteiger partial charge in [-0.25, -0.2) is 0 Å². The number of rotatable bonds is 1. The Morgan fingerprint density at radius 2 is 1.29 bits per heavy atom. The molecule has 0 nitrogen and oxygen atoms in total. The summed E-state index contributed by atoms with van der Waals surface area (Å²) < 4.78 is 0. The first kappa shape index (κ1) is 8.67. The van der Waals surface area contributed by atoms with Crippen LogP contribution in [0.4, 0.5) is 0 Å². The quantitative estimate of drug-likeness (QED) is 0.498. The fraction of sp³-hybridized carbons (Fsp3) is 1.00. The van der Waals surface area contributed by atoms with Crippen molar-refractivity contribution in [2.45, 2.75) is 0 Å². The molecule has 0 aliphatic carbocycles. The summed E-state index contributed by atoms with van der Waals surface area (Å²) in [7, 11) is 11.4. The maximum atomic E-state index is 5.70. The van der Waals surface area contributed by atoms with Gasteiger partial charge in [0, 0.05) is 0 Å². The molecular formula is C3H10Cl2PPd. The molecule has 0 spiro atoms. The van der Waals surface area contributed by atoms with E-state index in [1.54, 1.807) is 0 Å². The van der Waals surface area contributed by atoms with Crippen molar-refractivity contribution < 1.29 is 14.2 Å². The predicted molar refractivity (Wildman–Crippen MR) is 37.8 cm³/mol. The molecule has 0 amide bonds. The third-order valence-electron chi connectivity index (χ3n) is 0.359. The summed E-state index contributed by atoms with van der Waals surface area (Å²) >= 11 is -1.09. The van der Waals surface area contributed by atoms with Crippen molar-refractivity contribution in [3.05, 3.63) is 0 Å². The molecule has 0 saturated carbocycles. The fourth-order valence-corrected chi connectivity index (χ4v) is 0. The van der Waals surface area contributed by atoms with Gasteiger partial charge in [0.05, 0.1) is 0 Å². The zero-order chi connectivity index (χ0) is 6.08. The van der Waals surface area contributed by atoms with Crippen molar-refractivity contribution in [3.8, 4) is 0 Å². The van der Waals surface area contributed by atoms with Crippen LogP contribution >= 0.6 is 24.5 Å². The summed E-state index contributed by atoms with van der Waals surface area (Å²) in [5, 5.41) is 0. The molecule has 7 heavy (non-hydrogen) atoms. The van der Waals surface area contributed by atoms with Crippen LogP contribution in [0.2, 0.25) is 0 Å². The summed E-state index contributed by atoms with van der Waals surface area (Å²) in [5.74, 6) is 0.